The number of carbonyl (C=O) groups is 1. The van der Waals surface area contributed by atoms with Crippen LogP contribution in [-0.2, 0) is 0 Å². The molecule has 0 saturated carbocycles. The topological polar surface area (TPSA) is 81.5 Å². The number of anilines is 1. The zero-order valence-electron chi connectivity index (χ0n) is 11.6. The van der Waals surface area contributed by atoms with Gasteiger partial charge in [0.05, 0.1) is 12.0 Å². The molecule has 21 heavy (non-hydrogen) atoms. The number of nitro groups is 1. The van der Waals surface area contributed by atoms with Crippen molar-refractivity contribution in [3.05, 3.63) is 63.7 Å². The van der Waals surface area contributed by atoms with E-state index in [9.17, 15) is 14.9 Å². The third kappa shape index (κ3) is 3.17. The van der Waals surface area contributed by atoms with Crippen molar-refractivity contribution < 1.29 is 14.5 Å². The van der Waals surface area contributed by atoms with Crippen LogP contribution in [0.15, 0.2) is 42.5 Å². The molecule has 6 nitrogen and oxygen atoms in total. The highest BCUT2D eigenvalue weighted by molar-refractivity contribution is 6.05. The molecule has 0 heterocycles. The van der Waals surface area contributed by atoms with Gasteiger partial charge >= 0.3 is 0 Å². The van der Waals surface area contributed by atoms with Crippen LogP contribution >= 0.6 is 0 Å². The molecule has 0 bridgehead atoms. The molecule has 0 spiro atoms. The van der Waals surface area contributed by atoms with Gasteiger partial charge in [-0.3, -0.25) is 14.9 Å². The fourth-order valence-corrected chi connectivity index (χ4v) is 1.94. The van der Waals surface area contributed by atoms with Gasteiger partial charge in [-0.15, -0.1) is 0 Å². The summed E-state index contributed by atoms with van der Waals surface area (Å²) in [7, 11) is 1.56. The molecular formula is C15H14N2O4. The molecule has 1 N–H and O–H groups in total. The van der Waals surface area contributed by atoms with Crippen LogP contribution in [-0.4, -0.2) is 17.9 Å². The normalized spacial score (nSPS) is 10.0. The number of ether oxygens (including phenoxy) is 1. The summed E-state index contributed by atoms with van der Waals surface area (Å²) in [4.78, 5) is 22.6. The molecule has 2 aromatic carbocycles. The molecule has 0 aliphatic heterocycles. The summed E-state index contributed by atoms with van der Waals surface area (Å²) in [5.41, 5.74) is 1.14. The second kappa shape index (κ2) is 6.04. The van der Waals surface area contributed by atoms with Crippen molar-refractivity contribution in [1.82, 2.24) is 0 Å². The van der Waals surface area contributed by atoms with Crippen molar-refractivity contribution in [3.8, 4) is 5.75 Å². The highest BCUT2D eigenvalue weighted by atomic mass is 16.6. The molecule has 0 aliphatic carbocycles. The van der Waals surface area contributed by atoms with E-state index in [2.05, 4.69) is 5.32 Å². The van der Waals surface area contributed by atoms with Crippen LogP contribution in [0.5, 0.6) is 5.75 Å². The van der Waals surface area contributed by atoms with E-state index in [1.54, 1.807) is 44.4 Å². The fourth-order valence-electron chi connectivity index (χ4n) is 1.94. The van der Waals surface area contributed by atoms with Crippen LogP contribution in [0.2, 0.25) is 0 Å². The van der Waals surface area contributed by atoms with E-state index < -0.39 is 4.92 Å². The van der Waals surface area contributed by atoms with Gasteiger partial charge in [0, 0.05) is 22.9 Å². The first-order valence-corrected chi connectivity index (χ1v) is 6.22. The lowest BCUT2D eigenvalue weighted by atomic mass is 10.1. The summed E-state index contributed by atoms with van der Waals surface area (Å²) in [5, 5.41) is 13.6. The zero-order valence-corrected chi connectivity index (χ0v) is 11.6. The lowest BCUT2D eigenvalue weighted by Crippen LogP contribution is -2.14. The van der Waals surface area contributed by atoms with E-state index in [4.69, 9.17) is 4.74 Å². The highest BCUT2D eigenvalue weighted by Crippen LogP contribution is 2.22. The van der Waals surface area contributed by atoms with Crippen LogP contribution in [0.1, 0.15) is 15.9 Å². The van der Waals surface area contributed by atoms with Gasteiger partial charge in [-0.25, -0.2) is 0 Å². The lowest BCUT2D eigenvalue weighted by Gasteiger charge is -2.08. The third-order valence-corrected chi connectivity index (χ3v) is 3.09. The molecule has 2 aromatic rings. The van der Waals surface area contributed by atoms with Crippen molar-refractivity contribution in [1.29, 1.82) is 0 Å². The lowest BCUT2D eigenvalue weighted by molar-refractivity contribution is -0.385. The Bertz CT molecular complexity index is 681. The number of carbonyl (C=O) groups excluding carboxylic acids is 1. The fraction of sp³-hybridized carbons (Fsp3) is 0.133. The van der Waals surface area contributed by atoms with Gasteiger partial charge < -0.3 is 10.1 Å². The summed E-state index contributed by atoms with van der Waals surface area (Å²) in [5.74, 6) is 0.292. The second-order valence-corrected chi connectivity index (χ2v) is 4.39. The summed E-state index contributed by atoms with van der Waals surface area (Å²) in [6.07, 6.45) is 0. The van der Waals surface area contributed by atoms with Gasteiger partial charge in [0.1, 0.15) is 5.75 Å². The van der Waals surface area contributed by atoms with Gasteiger partial charge in [0.2, 0.25) is 0 Å². The smallest absolute Gasteiger partial charge is 0.273 e. The summed E-state index contributed by atoms with van der Waals surface area (Å²) < 4.78 is 5.03. The number of amides is 1. The quantitative estimate of drug-likeness (QED) is 0.691. The van der Waals surface area contributed by atoms with Crippen LogP contribution in [0.25, 0.3) is 0 Å². The van der Waals surface area contributed by atoms with Crippen molar-refractivity contribution in [2.45, 2.75) is 6.92 Å². The molecule has 0 unspecified atom stereocenters. The van der Waals surface area contributed by atoms with E-state index in [0.717, 1.165) is 0 Å². The number of methoxy groups -OCH3 is 1. The Hall–Kier alpha value is -2.89. The Morgan fingerprint density at radius 1 is 1.19 bits per heavy atom. The van der Waals surface area contributed by atoms with Crippen LogP contribution < -0.4 is 10.1 Å². The Morgan fingerprint density at radius 2 is 1.86 bits per heavy atom. The van der Waals surface area contributed by atoms with Crippen molar-refractivity contribution in [3.63, 3.8) is 0 Å². The van der Waals surface area contributed by atoms with Gasteiger partial charge in [0.15, 0.2) is 0 Å². The molecule has 1 amide bonds. The number of nitrogens with one attached hydrogen (secondary N) is 1. The first-order valence-electron chi connectivity index (χ1n) is 6.22. The maximum atomic E-state index is 12.2. The summed E-state index contributed by atoms with van der Waals surface area (Å²) in [6, 6.07) is 11.3. The molecule has 2 rings (SSSR count). The predicted octanol–water partition coefficient (Wildman–Crippen LogP) is 3.16. The molecule has 0 aliphatic rings. The standard InChI is InChI=1S/C15H14N2O4/c1-10-13(4-3-5-14(10)17(19)20)15(18)16-11-6-8-12(21-2)9-7-11/h3-9H,1-2H3,(H,16,18). The molecule has 0 fully saturated rings. The van der Waals surface area contributed by atoms with E-state index in [0.29, 0.717) is 17.0 Å². The number of nitro benzene ring substituents is 1. The second-order valence-electron chi connectivity index (χ2n) is 4.39. The molecule has 0 atom stereocenters. The number of rotatable bonds is 4. The van der Waals surface area contributed by atoms with Crippen LogP contribution in [0.4, 0.5) is 11.4 Å². The molecule has 0 aromatic heterocycles. The number of nitrogens with zero attached hydrogens (tertiary/aromatic N) is 1. The third-order valence-electron chi connectivity index (χ3n) is 3.09. The molecular weight excluding hydrogens is 272 g/mol. The average molecular weight is 286 g/mol. The maximum absolute atomic E-state index is 12.2. The Kier molecular flexibility index (Phi) is 4.18. The largest absolute Gasteiger partial charge is 0.497 e. The zero-order chi connectivity index (χ0) is 15.4. The molecule has 0 radical (unpaired) electrons. The minimum Gasteiger partial charge on any atom is -0.497 e. The number of benzene rings is 2. The van der Waals surface area contributed by atoms with Crippen LogP contribution in [0.3, 0.4) is 0 Å². The average Bonchev–Trinajstić information content (AvgIpc) is 2.47. The Morgan fingerprint density at radius 3 is 2.43 bits per heavy atom. The van der Waals surface area contributed by atoms with E-state index in [1.807, 2.05) is 0 Å². The summed E-state index contributed by atoms with van der Waals surface area (Å²) in [6.45, 7) is 1.56. The summed E-state index contributed by atoms with van der Waals surface area (Å²) >= 11 is 0. The van der Waals surface area contributed by atoms with Crippen molar-refractivity contribution >= 4 is 17.3 Å². The highest BCUT2D eigenvalue weighted by Gasteiger charge is 2.17. The maximum Gasteiger partial charge on any atom is 0.273 e. The predicted molar refractivity (Wildman–Crippen MR) is 78.8 cm³/mol. The first kappa shape index (κ1) is 14.5. The van der Waals surface area contributed by atoms with Crippen molar-refractivity contribution in [2.75, 3.05) is 12.4 Å². The van der Waals surface area contributed by atoms with Gasteiger partial charge in [-0.05, 0) is 37.3 Å². The van der Waals surface area contributed by atoms with Crippen LogP contribution in [0, 0.1) is 17.0 Å². The SMILES string of the molecule is COc1ccc(NC(=O)c2cccc([N+](=O)[O-])c2C)cc1. The monoisotopic (exact) mass is 286 g/mol. The number of hydrogen-bond donors (Lipinski definition) is 1. The Labute approximate surface area is 121 Å². The minimum atomic E-state index is -0.501. The van der Waals surface area contributed by atoms with Crippen molar-refractivity contribution in [2.24, 2.45) is 0 Å². The van der Waals surface area contributed by atoms with Gasteiger partial charge in [-0.2, -0.15) is 0 Å². The first-order chi connectivity index (χ1) is 10.0. The van der Waals surface area contributed by atoms with E-state index in [-0.39, 0.29) is 17.2 Å². The van der Waals surface area contributed by atoms with Gasteiger partial charge in [0.25, 0.3) is 11.6 Å². The molecule has 0 saturated heterocycles. The number of hydrogen-bond acceptors (Lipinski definition) is 4. The molecule has 108 valence electrons. The van der Waals surface area contributed by atoms with Gasteiger partial charge in [-0.1, -0.05) is 6.07 Å². The molecule has 6 heteroatoms. The van der Waals surface area contributed by atoms with E-state index >= 15 is 0 Å². The van der Waals surface area contributed by atoms with E-state index in [1.165, 1.54) is 12.1 Å². The minimum absolute atomic E-state index is 0.0719. The Balaban J connectivity index is 2.24.